The van der Waals surface area contributed by atoms with E-state index >= 15 is 0 Å². The van der Waals surface area contributed by atoms with Crippen LogP contribution in [0.3, 0.4) is 0 Å². The molecule has 0 radical (unpaired) electrons. The van der Waals surface area contributed by atoms with Crippen molar-refractivity contribution in [3.63, 3.8) is 0 Å². The molecule has 0 aliphatic carbocycles. The van der Waals surface area contributed by atoms with Crippen molar-refractivity contribution in [1.29, 1.82) is 0 Å². The summed E-state index contributed by atoms with van der Waals surface area (Å²) in [6, 6.07) is 3.98. The summed E-state index contributed by atoms with van der Waals surface area (Å²) in [6.45, 7) is 4.88. The van der Waals surface area contributed by atoms with E-state index in [1.54, 1.807) is 7.11 Å². The number of pyridine rings is 1. The molecule has 2 atom stereocenters. The van der Waals surface area contributed by atoms with Crippen LogP contribution in [-0.2, 0) is 4.74 Å². The second-order valence-corrected chi connectivity index (χ2v) is 4.92. The quantitative estimate of drug-likeness (QED) is 0.868. The molecular formula is C14H22N2O2. The third-order valence-electron chi connectivity index (χ3n) is 3.55. The van der Waals surface area contributed by atoms with Crippen LogP contribution in [0.1, 0.15) is 31.6 Å². The average molecular weight is 250 g/mol. The average Bonchev–Trinajstić information content (AvgIpc) is 2.87. The minimum Gasteiger partial charge on any atom is -0.387 e. The van der Waals surface area contributed by atoms with Gasteiger partial charge < -0.3 is 14.7 Å². The van der Waals surface area contributed by atoms with Crippen LogP contribution in [0, 0.1) is 5.92 Å². The Morgan fingerprint density at radius 2 is 2.39 bits per heavy atom. The maximum absolute atomic E-state index is 9.70. The molecule has 18 heavy (non-hydrogen) atoms. The molecule has 100 valence electrons. The smallest absolute Gasteiger partial charge is 0.0957 e. The Bertz CT molecular complexity index is 367. The van der Waals surface area contributed by atoms with Gasteiger partial charge >= 0.3 is 0 Å². The molecule has 1 N–H and O–H groups in total. The van der Waals surface area contributed by atoms with E-state index in [0.29, 0.717) is 12.3 Å². The molecule has 0 saturated carbocycles. The lowest BCUT2D eigenvalue weighted by Crippen LogP contribution is -2.21. The van der Waals surface area contributed by atoms with E-state index < -0.39 is 6.10 Å². The summed E-state index contributed by atoms with van der Waals surface area (Å²) in [5.41, 5.74) is 1.90. The van der Waals surface area contributed by atoms with E-state index in [4.69, 9.17) is 4.74 Å². The highest BCUT2D eigenvalue weighted by Gasteiger charge is 2.22. The minimum atomic E-state index is -0.445. The van der Waals surface area contributed by atoms with Gasteiger partial charge in [0.25, 0.3) is 0 Å². The molecule has 4 heteroatoms. The lowest BCUT2D eigenvalue weighted by atomic mass is 10.1. The fraction of sp³-hybridized carbons (Fsp3) is 0.643. The second-order valence-electron chi connectivity index (χ2n) is 4.92. The number of ether oxygens (including phenoxy) is 1. The van der Waals surface area contributed by atoms with Crippen molar-refractivity contribution in [2.45, 2.75) is 25.9 Å². The van der Waals surface area contributed by atoms with Gasteiger partial charge in [0.1, 0.15) is 0 Å². The largest absolute Gasteiger partial charge is 0.387 e. The summed E-state index contributed by atoms with van der Waals surface area (Å²) in [5, 5.41) is 9.70. The summed E-state index contributed by atoms with van der Waals surface area (Å²) >= 11 is 0. The molecule has 0 amide bonds. The fourth-order valence-electron chi connectivity index (χ4n) is 2.43. The highest BCUT2D eigenvalue weighted by molar-refractivity contribution is 5.45. The van der Waals surface area contributed by atoms with Gasteiger partial charge in [-0.2, -0.15) is 0 Å². The lowest BCUT2D eigenvalue weighted by molar-refractivity contribution is 0.161. The van der Waals surface area contributed by atoms with Gasteiger partial charge in [-0.25, -0.2) is 0 Å². The number of aliphatic hydroxyl groups excluding tert-OH is 1. The summed E-state index contributed by atoms with van der Waals surface area (Å²) in [6.07, 6.45) is 3.29. The van der Waals surface area contributed by atoms with Crippen molar-refractivity contribution in [3.05, 3.63) is 24.0 Å². The summed E-state index contributed by atoms with van der Waals surface area (Å²) in [7, 11) is 1.76. The van der Waals surface area contributed by atoms with E-state index in [9.17, 15) is 5.11 Å². The predicted molar refractivity (Wildman–Crippen MR) is 71.7 cm³/mol. The number of nitrogens with zero attached hydrogens (tertiary/aromatic N) is 2. The Balaban J connectivity index is 1.98. The van der Waals surface area contributed by atoms with E-state index in [1.807, 2.05) is 19.2 Å². The first-order valence-corrected chi connectivity index (χ1v) is 6.62. The minimum absolute atomic E-state index is 0.445. The molecule has 0 spiro atoms. The maximum Gasteiger partial charge on any atom is 0.0957 e. The summed E-state index contributed by atoms with van der Waals surface area (Å²) < 4.78 is 5.20. The SMILES string of the molecule is CC[C@H](O)c1ccc(N2CCC(COC)C2)cn1. The molecule has 4 nitrogen and oxygen atoms in total. The molecule has 1 aliphatic rings. The Morgan fingerprint density at radius 1 is 1.56 bits per heavy atom. The van der Waals surface area contributed by atoms with Gasteiger partial charge in [0.2, 0.25) is 0 Å². The summed E-state index contributed by atoms with van der Waals surface area (Å²) in [5.74, 6) is 0.621. The van der Waals surface area contributed by atoms with Gasteiger partial charge in [-0.05, 0) is 25.0 Å². The van der Waals surface area contributed by atoms with Gasteiger partial charge in [0.05, 0.1) is 30.3 Å². The van der Waals surface area contributed by atoms with Crippen LogP contribution in [0.15, 0.2) is 18.3 Å². The number of anilines is 1. The Hall–Kier alpha value is -1.13. The van der Waals surface area contributed by atoms with Crippen LogP contribution in [0.25, 0.3) is 0 Å². The normalized spacial score (nSPS) is 21.3. The number of aromatic nitrogens is 1. The second kappa shape index (κ2) is 6.16. The van der Waals surface area contributed by atoms with E-state index in [1.165, 1.54) is 6.42 Å². The number of hydrogen-bond acceptors (Lipinski definition) is 4. The molecule has 1 aliphatic heterocycles. The fourth-order valence-corrected chi connectivity index (χ4v) is 2.43. The van der Waals surface area contributed by atoms with Crippen LogP contribution in [0.4, 0.5) is 5.69 Å². The number of aliphatic hydroxyl groups is 1. The van der Waals surface area contributed by atoms with Crippen molar-refractivity contribution in [2.24, 2.45) is 5.92 Å². The molecule has 1 aromatic rings. The molecule has 0 aromatic carbocycles. The lowest BCUT2D eigenvalue weighted by Gasteiger charge is -2.19. The van der Waals surface area contributed by atoms with E-state index in [0.717, 1.165) is 31.1 Å². The molecule has 1 saturated heterocycles. The highest BCUT2D eigenvalue weighted by Crippen LogP contribution is 2.24. The van der Waals surface area contributed by atoms with E-state index in [-0.39, 0.29) is 0 Å². The van der Waals surface area contributed by atoms with E-state index in [2.05, 4.69) is 16.0 Å². The van der Waals surface area contributed by atoms with Gasteiger partial charge in [-0.3, -0.25) is 4.98 Å². The number of hydrogen-bond donors (Lipinski definition) is 1. The first-order chi connectivity index (χ1) is 8.74. The van der Waals surface area contributed by atoms with Crippen LogP contribution in [-0.4, -0.2) is 36.9 Å². The Kier molecular flexibility index (Phi) is 4.55. The first kappa shape index (κ1) is 13.3. The van der Waals surface area contributed by atoms with Gasteiger partial charge in [-0.15, -0.1) is 0 Å². The highest BCUT2D eigenvalue weighted by atomic mass is 16.5. The zero-order valence-electron chi connectivity index (χ0n) is 11.2. The molecule has 1 fully saturated rings. The predicted octanol–water partition coefficient (Wildman–Crippen LogP) is 2.00. The first-order valence-electron chi connectivity index (χ1n) is 6.62. The monoisotopic (exact) mass is 250 g/mol. The molecule has 2 rings (SSSR count). The standard InChI is InChI=1S/C14H22N2O2/c1-3-14(17)13-5-4-12(8-15-13)16-7-6-11(9-16)10-18-2/h4-5,8,11,14,17H,3,6-7,9-10H2,1-2H3/t11?,14-/m0/s1. The van der Waals surface area contributed by atoms with Crippen molar-refractivity contribution in [3.8, 4) is 0 Å². The van der Waals surface area contributed by atoms with Crippen LogP contribution in [0.5, 0.6) is 0 Å². The number of methoxy groups -OCH3 is 1. The zero-order valence-corrected chi connectivity index (χ0v) is 11.2. The van der Waals surface area contributed by atoms with Crippen molar-refractivity contribution in [1.82, 2.24) is 4.98 Å². The third-order valence-corrected chi connectivity index (χ3v) is 3.55. The zero-order chi connectivity index (χ0) is 13.0. The Morgan fingerprint density at radius 3 is 3.00 bits per heavy atom. The maximum atomic E-state index is 9.70. The number of rotatable bonds is 5. The third kappa shape index (κ3) is 3.00. The van der Waals surface area contributed by atoms with Crippen LogP contribution < -0.4 is 4.90 Å². The molecule has 1 aromatic heterocycles. The molecular weight excluding hydrogens is 228 g/mol. The van der Waals surface area contributed by atoms with Crippen LogP contribution >= 0.6 is 0 Å². The summed E-state index contributed by atoms with van der Waals surface area (Å²) in [4.78, 5) is 6.67. The molecule has 0 bridgehead atoms. The topological polar surface area (TPSA) is 45.6 Å². The molecule has 1 unspecified atom stereocenters. The Labute approximate surface area is 109 Å². The van der Waals surface area contributed by atoms with Crippen molar-refractivity contribution < 1.29 is 9.84 Å². The van der Waals surface area contributed by atoms with Crippen molar-refractivity contribution >= 4 is 5.69 Å². The van der Waals surface area contributed by atoms with Gasteiger partial charge in [0.15, 0.2) is 0 Å². The molecule has 2 heterocycles. The van der Waals surface area contributed by atoms with Crippen LogP contribution in [0.2, 0.25) is 0 Å². The van der Waals surface area contributed by atoms with Crippen molar-refractivity contribution in [2.75, 3.05) is 31.7 Å². The van der Waals surface area contributed by atoms with Gasteiger partial charge in [0, 0.05) is 26.1 Å². The van der Waals surface area contributed by atoms with Gasteiger partial charge in [-0.1, -0.05) is 6.92 Å².